The monoisotopic (exact) mass is 375 g/mol. The molecule has 3 aromatic rings. The van der Waals surface area contributed by atoms with Gasteiger partial charge >= 0.3 is 0 Å². The van der Waals surface area contributed by atoms with Crippen molar-refractivity contribution in [2.24, 2.45) is 0 Å². The lowest BCUT2D eigenvalue weighted by Crippen LogP contribution is -2.32. The third-order valence-corrected chi connectivity index (χ3v) is 3.85. The van der Waals surface area contributed by atoms with Crippen LogP contribution in [0.4, 0.5) is 10.2 Å². The van der Waals surface area contributed by atoms with Gasteiger partial charge in [0.25, 0.3) is 5.91 Å². The molecule has 0 radical (unpaired) electrons. The number of nitrogens with one attached hydrogen (secondary N) is 1. The highest BCUT2D eigenvalue weighted by Crippen LogP contribution is 2.26. The van der Waals surface area contributed by atoms with Gasteiger partial charge in [0.05, 0.1) is 0 Å². The number of ether oxygens (including phenoxy) is 1. The van der Waals surface area contributed by atoms with Gasteiger partial charge in [0.15, 0.2) is 11.8 Å². The first-order valence-corrected chi connectivity index (χ1v) is 8.26. The zero-order valence-electron chi connectivity index (χ0n) is 13.8. The van der Waals surface area contributed by atoms with Crippen molar-refractivity contribution in [3.05, 3.63) is 59.4 Å². The molecule has 26 heavy (non-hydrogen) atoms. The van der Waals surface area contributed by atoms with Crippen LogP contribution in [-0.2, 0) is 4.79 Å². The molecule has 6 nitrogen and oxygen atoms in total. The normalized spacial score (nSPS) is 11.8. The predicted octanol–water partition coefficient (Wildman–Crippen LogP) is 4.33. The smallest absolute Gasteiger partial charge is 0.266 e. The third kappa shape index (κ3) is 4.18. The first kappa shape index (κ1) is 17.9. The molecule has 1 heterocycles. The molecule has 0 saturated heterocycles. The van der Waals surface area contributed by atoms with Gasteiger partial charge in [0, 0.05) is 10.6 Å². The zero-order valence-corrected chi connectivity index (χ0v) is 14.5. The Bertz CT molecular complexity index is 881. The van der Waals surface area contributed by atoms with Gasteiger partial charge in [-0.05, 0) is 53.1 Å². The summed E-state index contributed by atoms with van der Waals surface area (Å²) in [6.07, 6.45) is -0.375. The van der Waals surface area contributed by atoms with Crippen molar-refractivity contribution in [1.82, 2.24) is 10.3 Å². The Balaban J connectivity index is 1.73. The number of benzene rings is 2. The largest absolute Gasteiger partial charge is 0.481 e. The Kier molecular flexibility index (Phi) is 5.48. The first-order chi connectivity index (χ1) is 12.6. The third-order valence-electron chi connectivity index (χ3n) is 3.60. The molecule has 1 N–H and O–H groups in total. The molecule has 0 saturated carbocycles. The number of aromatic nitrogens is 2. The average molecular weight is 376 g/mol. The fourth-order valence-corrected chi connectivity index (χ4v) is 2.39. The molecule has 0 aliphatic carbocycles. The number of amides is 1. The highest BCUT2D eigenvalue weighted by Gasteiger charge is 2.22. The number of rotatable bonds is 6. The van der Waals surface area contributed by atoms with E-state index in [4.69, 9.17) is 21.0 Å². The van der Waals surface area contributed by atoms with Crippen LogP contribution in [0.15, 0.2) is 53.2 Å². The van der Waals surface area contributed by atoms with E-state index in [2.05, 4.69) is 15.6 Å². The second-order valence-electron chi connectivity index (χ2n) is 5.43. The fraction of sp³-hybridized carbons (Fsp3) is 0.167. The predicted molar refractivity (Wildman–Crippen MR) is 94.5 cm³/mol. The van der Waals surface area contributed by atoms with Crippen molar-refractivity contribution < 1.29 is 18.6 Å². The van der Waals surface area contributed by atoms with Gasteiger partial charge in [-0.1, -0.05) is 30.7 Å². The van der Waals surface area contributed by atoms with Crippen molar-refractivity contribution in [2.75, 3.05) is 5.32 Å². The molecule has 134 valence electrons. The van der Waals surface area contributed by atoms with Crippen molar-refractivity contribution in [2.45, 2.75) is 19.4 Å². The highest BCUT2D eigenvalue weighted by atomic mass is 35.5. The average Bonchev–Trinajstić information content (AvgIpc) is 3.10. The molecule has 2 aromatic carbocycles. The Hall–Kier alpha value is -2.93. The van der Waals surface area contributed by atoms with Crippen LogP contribution in [0.1, 0.15) is 13.3 Å². The molecular formula is C18H15ClFN3O3. The molecule has 0 aliphatic heterocycles. The van der Waals surface area contributed by atoms with E-state index in [1.54, 1.807) is 31.2 Å². The molecule has 1 atom stereocenters. The van der Waals surface area contributed by atoms with E-state index in [0.717, 1.165) is 0 Å². The summed E-state index contributed by atoms with van der Waals surface area (Å²) < 4.78 is 23.3. The van der Waals surface area contributed by atoms with Crippen LogP contribution in [0.2, 0.25) is 5.02 Å². The summed E-state index contributed by atoms with van der Waals surface area (Å²) in [5.41, 5.74) is 1.07. The van der Waals surface area contributed by atoms with E-state index >= 15 is 0 Å². The van der Waals surface area contributed by atoms with E-state index in [1.807, 2.05) is 0 Å². The van der Waals surface area contributed by atoms with Gasteiger partial charge in [-0.2, -0.15) is 0 Å². The summed E-state index contributed by atoms with van der Waals surface area (Å²) in [7, 11) is 0. The number of nitrogens with zero attached hydrogens (tertiary/aromatic N) is 2. The minimum Gasteiger partial charge on any atom is -0.481 e. The second kappa shape index (κ2) is 7.97. The highest BCUT2D eigenvalue weighted by molar-refractivity contribution is 6.30. The van der Waals surface area contributed by atoms with Crippen LogP contribution in [-0.4, -0.2) is 22.3 Å². The summed E-state index contributed by atoms with van der Waals surface area (Å²) in [6.45, 7) is 1.80. The van der Waals surface area contributed by atoms with Crippen LogP contribution in [0.25, 0.3) is 11.3 Å². The maximum absolute atomic E-state index is 13.0. The van der Waals surface area contributed by atoms with Gasteiger partial charge in [0.1, 0.15) is 11.6 Å². The number of carbonyl (C=O) groups excluding carboxylic acids is 1. The van der Waals surface area contributed by atoms with E-state index in [0.29, 0.717) is 28.5 Å². The van der Waals surface area contributed by atoms with Gasteiger partial charge in [-0.3, -0.25) is 4.79 Å². The Morgan fingerprint density at radius 3 is 2.54 bits per heavy atom. The lowest BCUT2D eigenvalue weighted by Gasteiger charge is -2.16. The minimum atomic E-state index is -0.782. The van der Waals surface area contributed by atoms with Gasteiger partial charge in [0.2, 0.25) is 5.82 Å². The molecule has 0 aliphatic rings. The van der Waals surface area contributed by atoms with Crippen molar-refractivity contribution in [1.29, 1.82) is 0 Å². The molecule has 0 bridgehead atoms. The maximum Gasteiger partial charge on any atom is 0.266 e. The SMILES string of the molecule is CC[C@H](Oc1ccc(F)cc1)C(=O)Nc1nonc1-c1ccc(Cl)cc1. The Morgan fingerprint density at radius 1 is 1.19 bits per heavy atom. The molecule has 0 unspecified atom stereocenters. The molecule has 1 amide bonds. The summed E-state index contributed by atoms with van der Waals surface area (Å²) in [4.78, 5) is 12.5. The Morgan fingerprint density at radius 2 is 1.88 bits per heavy atom. The zero-order chi connectivity index (χ0) is 18.5. The lowest BCUT2D eigenvalue weighted by molar-refractivity contribution is -0.122. The standard InChI is InChI=1S/C18H15ClFN3O3/c1-2-15(25-14-9-7-13(20)8-10-14)18(24)21-17-16(22-26-23-17)11-3-5-12(19)6-4-11/h3-10,15H,2H2,1H3,(H,21,23,24)/t15-/m0/s1. The first-order valence-electron chi connectivity index (χ1n) is 7.88. The maximum atomic E-state index is 13.0. The number of carbonyl (C=O) groups is 1. The van der Waals surface area contributed by atoms with Crippen LogP contribution in [0.3, 0.4) is 0 Å². The summed E-state index contributed by atoms with van der Waals surface area (Å²) >= 11 is 5.88. The van der Waals surface area contributed by atoms with Gasteiger partial charge in [-0.25, -0.2) is 9.02 Å². The number of halogens is 2. The van der Waals surface area contributed by atoms with Crippen LogP contribution < -0.4 is 10.1 Å². The second-order valence-corrected chi connectivity index (χ2v) is 5.86. The van der Waals surface area contributed by atoms with E-state index in [1.165, 1.54) is 24.3 Å². The van der Waals surface area contributed by atoms with Crippen LogP contribution >= 0.6 is 11.6 Å². The minimum absolute atomic E-state index is 0.179. The molecule has 1 aromatic heterocycles. The van der Waals surface area contributed by atoms with E-state index in [9.17, 15) is 9.18 Å². The molecular weight excluding hydrogens is 361 g/mol. The summed E-state index contributed by atoms with van der Waals surface area (Å²) in [5.74, 6) is -0.220. The van der Waals surface area contributed by atoms with Crippen molar-refractivity contribution in [3.8, 4) is 17.0 Å². The molecule has 0 spiro atoms. The molecule has 3 rings (SSSR count). The number of hydrogen-bond acceptors (Lipinski definition) is 5. The van der Waals surface area contributed by atoms with Crippen molar-refractivity contribution >= 4 is 23.3 Å². The molecule has 8 heteroatoms. The van der Waals surface area contributed by atoms with Crippen LogP contribution in [0, 0.1) is 5.82 Å². The quantitative estimate of drug-likeness (QED) is 0.694. The summed E-state index contributed by atoms with van der Waals surface area (Å²) in [5, 5.41) is 10.8. The van der Waals surface area contributed by atoms with Crippen LogP contribution in [0.5, 0.6) is 5.75 Å². The summed E-state index contributed by atoms with van der Waals surface area (Å²) in [6, 6.07) is 12.3. The number of hydrogen-bond donors (Lipinski definition) is 1. The lowest BCUT2D eigenvalue weighted by atomic mass is 10.1. The topological polar surface area (TPSA) is 77.2 Å². The molecule has 0 fully saturated rings. The van der Waals surface area contributed by atoms with Gasteiger partial charge < -0.3 is 10.1 Å². The van der Waals surface area contributed by atoms with Crippen molar-refractivity contribution in [3.63, 3.8) is 0 Å². The number of anilines is 1. The van der Waals surface area contributed by atoms with Gasteiger partial charge in [-0.15, -0.1) is 0 Å². The fourth-order valence-electron chi connectivity index (χ4n) is 2.26. The van der Waals surface area contributed by atoms with E-state index < -0.39 is 12.0 Å². The Labute approximate surface area is 153 Å². The van der Waals surface area contributed by atoms with E-state index in [-0.39, 0.29) is 11.6 Å².